The summed E-state index contributed by atoms with van der Waals surface area (Å²) in [5, 5.41) is 3.68. The van der Waals surface area contributed by atoms with Gasteiger partial charge in [0.15, 0.2) is 0 Å². The molecule has 2 heterocycles. The molecule has 3 aliphatic rings. The summed E-state index contributed by atoms with van der Waals surface area (Å²) in [6.07, 6.45) is 6.33. The predicted octanol–water partition coefficient (Wildman–Crippen LogP) is 1.53. The SMILES string of the molecule is CC(=O)N1[C@@H]2CN[C@@H]3CCCC[C@H]1[C@]3(C)C2. The standard InChI is InChI=1S/C13H22N2O/c1-9(16)15-10-7-13(2)11(14-8-10)5-3-4-6-12(13)15/h10-12,14H,3-8H2,1-2H3/t10-,11+,12-,13+/m0/s1. The van der Waals surface area contributed by atoms with Crippen LogP contribution in [0.15, 0.2) is 0 Å². The Bertz CT molecular complexity index is 317. The molecule has 2 saturated heterocycles. The van der Waals surface area contributed by atoms with Crippen molar-refractivity contribution >= 4 is 5.91 Å². The van der Waals surface area contributed by atoms with E-state index < -0.39 is 0 Å². The second-order valence-electron chi connectivity index (χ2n) is 6.05. The van der Waals surface area contributed by atoms with Gasteiger partial charge in [0.2, 0.25) is 5.91 Å². The zero-order valence-corrected chi connectivity index (χ0v) is 10.3. The van der Waals surface area contributed by atoms with E-state index in [2.05, 4.69) is 17.1 Å². The van der Waals surface area contributed by atoms with Crippen LogP contribution >= 0.6 is 0 Å². The summed E-state index contributed by atoms with van der Waals surface area (Å²) in [7, 11) is 0. The Labute approximate surface area is 97.6 Å². The molecule has 2 aliphatic heterocycles. The molecule has 4 atom stereocenters. The van der Waals surface area contributed by atoms with Gasteiger partial charge in [0.1, 0.15) is 0 Å². The molecule has 3 nitrogen and oxygen atoms in total. The lowest BCUT2D eigenvalue weighted by atomic mass is 9.72. The van der Waals surface area contributed by atoms with Crippen molar-refractivity contribution in [3.05, 3.63) is 0 Å². The van der Waals surface area contributed by atoms with Crippen LogP contribution in [-0.4, -0.2) is 35.5 Å². The van der Waals surface area contributed by atoms with E-state index in [1.807, 2.05) is 0 Å². The first-order valence-electron chi connectivity index (χ1n) is 6.65. The minimum absolute atomic E-state index is 0.281. The average Bonchev–Trinajstić information content (AvgIpc) is 2.36. The van der Waals surface area contributed by atoms with Gasteiger partial charge in [-0.2, -0.15) is 0 Å². The first-order valence-corrected chi connectivity index (χ1v) is 6.65. The van der Waals surface area contributed by atoms with Gasteiger partial charge in [-0.15, -0.1) is 0 Å². The van der Waals surface area contributed by atoms with Crippen molar-refractivity contribution in [1.29, 1.82) is 0 Å². The second-order valence-corrected chi connectivity index (χ2v) is 6.05. The van der Waals surface area contributed by atoms with Crippen molar-refractivity contribution in [1.82, 2.24) is 10.2 Å². The van der Waals surface area contributed by atoms with Crippen molar-refractivity contribution < 1.29 is 4.79 Å². The number of piperidine rings is 1. The molecule has 1 amide bonds. The van der Waals surface area contributed by atoms with E-state index >= 15 is 0 Å². The number of carbonyl (C=O) groups excluding carboxylic acids is 1. The minimum atomic E-state index is 0.281. The number of carbonyl (C=O) groups is 1. The number of rotatable bonds is 0. The Balaban J connectivity index is 1.99. The van der Waals surface area contributed by atoms with Gasteiger partial charge in [0.25, 0.3) is 0 Å². The summed E-state index contributed by atoms with van der Waals surface area (Å²) < 4.78 is 0. The highest BCUT2D eigenvalue weighted by Crippen LogP contribution is 2.50. The van der Waals surface area contributed by atoms with E-state index in [0.717, 1.165) is 6.54 Å². The van der Waals surface area contributed by atoms with Crippen molar-refractivity contribution in [2.45, 2.75) is 64.1 Å². The fourth-order valence-corrected chi connectivity index (χ4v) is 4.43. The normalized spacial score (nSPS) is 46.6. The summed E-state index contributed by atoms with van der Waals surface area (Å²) in [5.41, 5.74) is 0.338. The van der Waals surface area contributed by atoms with E-state index in [1.165, 1.54) is 32.1 Å². The fraction of sp³-hybridized carbons (Fsp3) is 0.923. The van der Waals surface area contributed by atoms with Crippen LogP contribution in [0.2, 0.25) is 0 Å². The van der Waals surface area contributed by atoms with Crippen LogP contribution in [-0.2, 0) is 4.79 Å². The van der Waals surface area contributed by atoms with Crippen LogP contribution in [0, 0.1) is 5.41 Å². The molecular weight excluding hydrogens is 200 g/mol. The van der Waals surface area contributed by atoms with E-state index in [9.17, 15) is 4.79 Å². The smallest absolute Gasteiger partial charge is 0.220 e. The molecule has 1 aliphatic carbocycles. The number of amides is 1. The first-order chi connectivity index (χ1) is 7.63. The van der Waals surface area contributed by atoms with Crippen molar-refractivity contribution in [2.24, 2.45) is 5.41 Å². The van der Waals surface area contributed by atoms with E-state index in [4.69, 9.17) is 0 Å². The number of hydrogen-bond donors (Lipinski definition) is 1. The third-order valence-electron chi connectivity index (χ3n) is 5.15. The molecular formula is C13H22N2O. The molecule has 0 aromatic heterocycles. The van der Waals surface area contributed by atoms with Crippen LogP contribution in [0.1, 0.15) is 46.0 Å². The predicted molar refractivity (Wildman–Crippen MR) is 63.1 cm³/mol. The summed E-state index contributed by atoms with van der Waals surface area (Å²) in [4.78, 5) is 14.0. The van der Waals surface area contributed by atoms with Crippen molar-refractivity contribution in [2.75, 3.05) is 6.54 Å². The molecule has 3 heteroatoms. The Hall–Kier alpha value is -0.570. The molecule has 3 rings (SSSR count). The van der Waals surface area contributed by atoms with Crippen LogP contribution in [0.25, 0.3) is 0 Å². The van der Waals surface area contributed by atoms with Gasteiger partial charge < -0.3 is 10.2 Å². The summed E-state index contributed by atoms with van der Waals surface area (Å²) >= 11 is 0. The monoisotopic (exact) mass is 222 g/mol. The summed E-state index contributed by atoms with van der Waals surface area (Å²) in [6.45, 7) is 5.15. The van der Waals surface area contributed by atoms with Crippen LogP contribution in [0.3, 0.4) is 0 Å². The van der Waals surface area contributed by atoms with Crippen LogP contribution in [0.5, 0.6) is 0 Å². The van der Waals surface area contributed by atoms with Crippen LogP contribution < -0.4 is 5.32 Å². The lowest BCUT2D eigenvalue weighted by Crippen LogP contribution is -2.51. The molecule has 1 N–H and O–H groups in total. The first kappa shape index (κ1) is 10.6. The van der Waals surface area contributed by atoms with E-state index in [1.54, 1.807) is 6.92 Å². The van der Waals surface area contributed by atoms with Crippen molar-refractivity contribution in [3.8, 4) is 0 Å². The quantitative estimate of drug-likeness (QED) is 0.674. The highest BCUT2D eigenvalue weighted by atomic mass is 16.2. The topological polar surface area (TPSA) is 32.3 Å². The third kappa shape index (κ3) is 1.27. The summed E-state index contributed by atoms with van der Waals surface area (Å²) in [6, 6.07) is 1.60. The largest absolute Gasteiger partial charge is 0.335 e. The van der Waals surface area contributed by atoms with Crippen molar-refractivity contribution in [3.63, 3.8) is 0 Å². The molecule has 16 heavy (non-hydrogen) atoms. The number of nitrogens with one attached hydrogen (secondary N) is 1. The highest BCUT2D eigenvalue weighted by molar-refractivity contribution is 5.74. The lowest BCUT2D eigenvalue weighted by Gasteiger charge is -2.39. The van der Waals surface area contributed by atoms with Gasteiger partial charge in [0.05, 0.1) is 0 Å². The molecule has 0 aromatic carbocycles. The zero-order valence-electron chi connectivity index (χ0n) is 10.3. The second kappa shape index (κ2) is 3.46. The Morgan fingerprint density at radius 1 is 1.38 bits per heavy atom. The van der Waals surface area contributed by atoms with Gasteiger partial charge >= 0.3 is 0 Å². The maximum absolute atomic E-state index is 11.8. The molecule has 1 saturated carbocycles. The fourth-order valence-electron chi connectivity index (χ4n) is 4.43. The Morgan fingerprint density at radius 2 is 2.12 bits per heavy atom. The average molecular weight is 222 g/mol. The van der Waals surface area contributed by atoms with Gasteiger partial charge in [-0.05, 0) is 19.3 Å². The zero-order chi connectivity index (χ0) is 11.3. The third-order valence-corrected chi connectivity index (χ3v) is 5.15. The number of hydrogen-bond acceptors (Lipinski definition) is 2. The molecule has 0 unspecified atom stereocenters. The number of likely N-dealkylation sites (tertiary alicyclic amines) is 1. The van der Waals surface area contributed by atoms with E-state index in [-0.39, 0.29) is 5.91 Å². The number of fused-ring (bicyclic) bond motifs is 1. The molecule has 2 bridgehead atoms. The molecule has 0 spiro atoms. The highest BCUT2D eigenvalue weighted by Gasteiger charge is 2.56. The van der Waals surface area contributed by atoms with Gasteiger partial charge in [-0.25, -0.2) is 0 Å². The molecule has 90 valence electrons. The van der Waals surface area contributed by atoms with Crippen LogP contribution in [0.4, 0.5) is 0 Å². The van der Waals surface area contributed by atoms with Gasteiger partial charge in [0, 0.05) is 37.0 Å². The maximum Gasteiger partial charge on any atom is 0.220 e. The maximum atomic E-state index is 11.8. The summed E-state index contributed by atoms with van der Waals surface area (Å²) in [5.74, 6) is 0.281. The Kier molecular flexibility index (Phi) is 2.29. The van der Waals surface area contributed by atoms with Gasteiger partial charge in [-0.1, -0.05) is 19.8 Å². The molecule has 0 radical (unpaired) electrons. The Morgan fingerprint density at radius 3 is 2.88 bits per heavy atom. The van der Waals surface area contributed by atoms with Gasteiger partial charge in [-0.3, -0.25) is 4.79 Å². The number of nitrogens with zero attached hydrogens (tertiary/aromatic N) is 1. The molecule has 3 fully saturated rings. The molecule has 0 aromatic rings. The lowest BCUT2D eigenvalue weighted by molar-refractivity contribution is -0.132. The van der Waals surface area contributed by atoms with E-state index in [0.29, 0.717) is 23.5 Å². The minimum Gasteiger partial charge on any atom is -0.335 e.